The topological polar surface area (TPSA) is 0 Å². The Morgan fingerprint density at radius 3 is 1.70 bits per heavy atom. The molecule has 0 aromatic rings. The van der Waals surface area contributed by atoms with Gasteiger partial charge in [-0.15, -0.1) is 0 Å². The molecule has 0 heterocycles. The highest BCUT2D eigenvalue weighted by atomic mass is 14.3. The molecule has 2 aliphatic carbocycles. The second-order valence-electron chi connectivity index (χ2n) is 3.34. The molecule has 2 rings (SSSR count). The van der Waals surface area contributed by atoms with E-state index in [1.165, 1.54) is 25.7 Å². The first kappa shape index (κ1) is 6.21. The highest BCUT2D eigenvalue weighted by molar-refractivity contribution is 5.07. The van der Waals surface area contributed by atoms with Crippen LogP contribution >= 0.6 is 0 Å². The van der Waals surface area contributed by atoms with Crippen molar-refractivity contribution in [3.8, 4) is 0 Å². The Labute approximate surface area is 62.6 Å². The van der Waals surface area contributed by atoms with Gasteiger partial charge in [0, 0.05) is 0 Å². The molecule has 2 atom stereocenters. The van der Waals surface area contributed by atoms with E-state index >= 15 is 0 Å². The van der Waals surface area contributed by atoms with E-state index in [0.29, 0.717) is 0 Å². The highest BCUT2D eigenvalue weighted by Crippen LogP contribution is 2.37. The van der Waals surface area contributed by atoms with Crippen LogP contribution in [-0.4, -0.2) is 0 Å². The summed E-state index contributed by atoms with van der Waals surface area (Å²) in [6, 6.07) is 0. The summed E-state index contributed by atoms with van der Waals surface area (Å²) in [6.07, 6.45) is 14.9. The Hall–Kier alpha value is -0.520. The van der Waals surface area contributed by atoms with Crippen molar-refractivity contribution in [2.24, 2.45) is 11.8 Å². The van der Waals surface area contributed by atoms with Crippen molar-refractivity contribution >= 4 is 0 Å². The van der Waals surface area contributed by atoms with Gasteiger partial charge in [-0.3, -0.25) is 0 Å². The van der Waals surface area contributed by atoms with Crippen LogP contribution in [0.2, 0.25) is 0 Å². The van der Waals surface area contributed by atoms with Crippen LogP contribution < -0.4 is 0 Å². The first-order valence-electron chi connectivity index (χ1n) is 4.30. The zero-order valence-corrected chi connectivity index (χ0v) is 6.29. The second-order valence-corrected chi connectivity index (χ2v) is 3.34. The summed E-state index contributed by atoms with van der Waals surface area (Å²) in [7, 11) is 0. The van der Waals surface area contributed by atoms with Crippen LogP contribution in [0.25, 0.3) is 0 Å². The van der Waals surface area contributed by atoms with Gasteiger partial charge in [-0.1, -0.05) is 24.3 Å². The third-order valence-electron chi connectivity index (χ3n) is 2.65. The number of fused-ring (bicyclic) bond motifs is 1. The van der Waals surface area contributed by atoms with Gasteiger partial charge in [0.2, 0.25) is 0 Å². The van der Waals surface area contributed by atoms with Gasteiger partial charge >= 0.3 is 0 Å². The van der Waals surface area contributed by atoms with Crippen molar-refractivity contribution in [3.63, 3.8) is 0 Å². The van der Waals surface area contributed by atoms with Crippen molar-refractivity contribution in [2.45, 2.75) is 25.7 Å². The molecule has 2 unspecified atom stereocenters. The number of hydrogen-bond donors (Lipinski definition) is 0. The summed E-state index contributed by atoms with van der Waals surface area (Å²) in [5.74, 6) is 1.80. The lowest BCUT2D eigenvalue weighted by atomic mass is 9.72. The summed E-state index contributed by atoms with van der Waals surface area (Å²) < 4.78 is 0. The van der Waals surface area contributed by atoms with Gasteiger partial charge in [-0.2, -0.15) is 0 Å². The summed E-state index contributed by atoms with van der Waals surface area (Å²) >= 11 is 0. The molecule has 0 aromatic heterocycles. The Kier molecular flexibility index (Phi) is 1.62. The minimum atomic E-state index is 0.900. The van der Waals surface area contributed by atoms with E-state index in [2.05, 4.69) is 24.3 Å². The largest absolute Gasteiger partial charge is 0.0879 e. The fourth-order valence-corrected chi connectivity index (χ4v) is 1.76. The summed E-state index contributed by atoms with van der Waals surface area (Å²) in [6.45, 7) is 0. The minimum absolute atomic E-state index is 0.900. The van der Waals surface area contributed by atoms with E-state index < -0.39 is 0 Å². The predicted octanol–water partition coefficient (Wildman–Crippen LogP) is 2.92. The standard InChI is InChI=1S/C10H14/c1-2-4-6-10-8-7-9(10)5-3-1/h3-6,9-10H,1-2,7-8H2/b5-3-,6-4-. The average Bonchev–Trinajstić information content (AvgIpc) is 1.89. The molecule has 0 nitrogen and oxygen atoms in total. The van der Waals surface area contributed by atoms with Crippen LogP contribution in [0.1, 0.15) is 25.7 Å². The second kappa shape index (κ2) is 2.61. The lowest BCUT2D eigenvalue weighted by Crippen LogP contribution is -2.22. The zero-order valence-electron chi connectivity index (χ0n) is 6.29. The van der Waals surface area contributed by atoms with Gasteiger partial charge in [-0.25, -0.2) is 0 Å². The molecule has 2 aliphatic rings. The van der Waals surface area contributed by atoms with Gasteiger partial charge in [0.05, 0.1) is 0 Å². The van der Waals surface area contributed by atoms with Crippen LogP contribution in [0, 0.1) is 11.8 Å². The highest BCUT2D eigenvalue weighted by Gasteiger charge is 2.25. The number of rotatable bonds is 0. The maximum Gasteiger partial charge on any atom is -0.0170 e. The predicted molar refractivity (Wildman–Crippen MR) is 43.7 cm³/mol. The summed E-state index contributed by atoms with van der Waals surface area (Å²) in [5, 5.41) is 0. The third kappa shape index (κ3) is 1.03. The van der Waals surface area contributed by atoms with Crippen LogP contribution in [0.3, 0.4) is 0 Å². The van der Waals surface area contributed by atoms with Gasteiger partial charge in [0.25, 0.3) is 0 Å². The molecular weight excluding hydrogens is 120 g/mol. The fourth-order valence-electron chi connectivity index (χ4n) is 1.76. The Morgan fingerprint density at radius 2 is 1.30 bits per heavy atom. The van der Waals surface area contributed by atoms with Crippen molar-refractivity contribution < 1.29 is 0 Å². The van der Waals surface area contributed by atoms with E-state index in [1.807, 2.05) is 0 Å². The molecule has 0 radical (unpaired) electrons. The molecule has 0 amide bonds. The van der Waals surface area contributed by atoms with E-state index in [0.717, 1.165) is 11.8 Å². The molecular formula is C10H14. The normalized spacial score (nSPS) is 44.0. The maximum atomic E-state index is 2.41. The van der Waals surface area contributed by atoms with E-state index in [1.54, 1.807) is 0 Å². The molecule has 1 fully saturated rings. The number of allylic oxidation sites excluding steroid dienone is 4. The lowest BCUT2D eigenvalue weighted by Gasteiger charge is -2.32. The van der Waals surface area contributed by atoms with Crippen molar-refractivity contribution in [1.82, 2.24) is 0 Å². The summed E-state index contributed by atoms with van der Waals surface area (Å²) in [4.78, 5) is 0. The molecule has 1 saturated carbocycles. The first-order valence-corrected chi connectivity index (χ1v) is 4.30. The molecule has 0 N–H and O–H groups in total. The first-order chi connectivity index (χ1) is 4.97. The molecule has 0 bridgehead atoms. The maximum absolute atomic E-state index is 2.41. The zero-order chi connectivity index (χ0) is 6.81. The van der Waals surface area contributed by atoms with Crippen LogP contribution in [0.5, 0.6) is 0 Å². The molecule has 10 heavy (non-hydrogen) atoms. The van der Waals surface area contributed by atoms with Crippen molar-refractivity contribution in [2.75, 3.05) is 0 Å². The average molecular weight is 134 g/mol. The summed E-state index contributed by atoms with van der Waals surface area (Å²) in [5.41, 5.74) is 0. The quantitative estimate of drug-likeness (QED) is 0.447. The Bertz CT molecular complexity index is 145. The van der Waals surface area contributed by atoms with Crippen LogP contribution in [-0.2, 0) is 0 Å². The molecule has 0 spiro atoms. The van der Waals surface area contributed by atoms with Crippen LogP contribution in [0.4, 0.5) is 0 Å². The van der Waals surface area contributed by atoms with Gasteiger partial charge in [0.1, 0.15) is 0 Å². The molecule has 0 heteroatoms. The Balaban J connectivity index is 2.05. The molecule has 0 aromatic carbocycles. The monoisotopic (exact) mass is 134 g/mol. The SMILES string of the molecule is C1=C\C2CCC2/C=C\CC/1. The molecule has 0 aliphatic heterocycles. The minimum Gasteiger partial charge on any atom is -0.0879 e. The lowest BCUT2D eigenvalue weighted by molar-refractivity contribution is 0.284. The third-order valence-corrected chi connectivity index (χ3v) is 2.65. The fraction of sp³-hybridized carbons (Fsp3) is 0.600. The van der Waals surface area contributed by atoms with Crippen LogP contribution in [0.15, 0.2) is 24.3 Å². The van der Waals surface area contributed by atoms with E-state index in [4.69, 9.17) is 0 Å². The van der Waals surface area contributed by atoms with Gasteiger partial charge in [-0.05, 0) is 37.5 Å². The van der Waals surface area contributed by atoms with Gasteiger partial charge in [0.15, 0.2) is 0 Å². The number of hydrogen-bond acceptors (Lipinski definition) is 0. The van der Waals surface area contributed by atoms with Crippen molar-refractivity contribution in [1.29, 1.82) is 0 Å². The van der Waals surface area contributed by atoms with Crippen molar-refractivity contribution in [3.05, 3.63) is 24.3 Å². The smallest absolute Gasteiger partial charge is 0.0170 e. The molecule has 54 valence electrons. The molecule has 0 saturated heterocycles. The van der Waals surface area contributed by atoms with Gasteiger partial charge < -0.3 is 0 Å². The Morgan fingerprint density at radius 1 is 0.800 bits per heavy atom. The van der Waals surface area contributed by atoms with E-state index in [-0.39, 0.29) is 0 Å². The van der Waals surface area contributed by atoms with E-state index in [9.17, 15) is 0 Å².